The monoisotopic (exact) mass is 278 g/mol. The van der Waals surface area contributed by atoms with Gasteiger partial charge >= 0.3 is 0 Å². The summed E-state index contributed by atoms with van der Waals surface area (Å²) in [6, 6.07) is 6.77. The first kappa shape index (κ1) is 16.0. The number of benzene rings is 1. The second-order valence-electron chi connectivity index (χ2n) is 5.11. The molecule has 0 unspecified atom stereocenters. The molecular formula is C15H19FN2O2. The molecule has 0 aliphatic rings. The molecule has 0 radical (unpaired) electrons. The molecule has 108 valence electrons. The van der Waals surface area contributed by atoms with Crippen LogP contribution in [-0.4, -0.2) is 18.6 Å². The summed E-state index contributed by atoms with van der Waals surface area (Å²) in [6.45, 7) is 3.29. The predicted molar refractivity (Wildman–Crippen MR) is 73.7 cm³/mol. The molecule has 1 rings (SSSR count). The zero-order valence-electron chi connectivity index (χ0n) is 12.0. The lowest BCUT2D eigenvalue weighted by molar-refractivity contribution is -0.122. The van der Waals surface area contributed by atoms with Crippen molar-refractivity contribution >= 4 is 5.91 Å². The molecule has 1 amide bonds. The molecule has 1 aromatic carbocycles. The van der Waals surface area contributed by atoms with Crippen LogP contribution in [0.1, 0.15) is 32.3 Å². The lowest BCUT2D eigenvalue weighted by atomic mass is 10.1. The molecule has 0 aliphatic heterocycles. The summed E-state index contributed by atoms with van der Waals surface area (Å²) >= 11 is 0. The number of amides is 1. The van der Waals surface area contributed by atoms with E-state index >= 15 is 0 Å². The number of hydrogen-bond donors (Lipinski definition) is 1. The summed E-state index contributed by atoms with van der Waals surface area (Å²) in [6.07, 6.45) is 1.50. The van der Waals surface area contributed by atoms with Gasteiger partial charge in [-0.05, 0) is 44.4 Å². The highest BCUT2D eigenvalue weighted by Crippen LogP contribution is 2.18. The Morgan fingerprint density at radius 2 is 2.20 bits per heavy atom. The second-order valence-corrected chi connectivity index (χ2v) is 5.11. The number of aryl methyl sites for hydroxylation is 1. The molecular weight excluding hydrogens is 259 g/mol. The summed E-state index contributed by atoms with van der Waals surface area (Å²) in [7, 11) is 1.42. The van der Waals surface area contributed by atoms with Crippen molar-refractivity contribution in [3.63, 3.8) is 0 Å². The molecule has 4 nitrogen and oxygen atoms in total. The van der Waals surface area contributed by atoms with E-state index in [0.717, 1.165) is 5.56 Å². The second kappa shape index (κ2) is 6.90. The van der Waals surface area contributed by atoms with Crippen LogP contribution >= 0.6 is 0 Å². The van der Waals surface area contributed by atoms with Crippen molar-refractivity contribution in [2.24, 2.45) is 0 Å². The quantitative estimate of drug-likeness (QED) is 0.870. The molecule has 0 bridgehead atoms. The van der Waals surface area contributed by atoms with Crippen LogP contribution in [0, 0.1) is 17.1 Å². The van der Waals surface area contributed by atoms with E-state index in [1.54, 1.807) is 26.0 Å². The van der Waals surface area contributed by atoms with E-state index in [-0.39, 0.29) is 11.7 Å². The zero-order chi connectivity index (χ0) is 15.2. The van der Waals surface area contributed by atoms with Crippen LogP contribution in [0.3, 0.4) is 0 Å². The molecule has 0 fully saturated rings. The van der Waals surface area contributed by atoms with Crippen molar-refractivity contribution in [1.82, 2.24) is 5.32 Å². The Labute approximate surface area is 118 Å². The van der Waals surface area contributed by atoms with Gasteiger partial charge in [0.1, 0.15) is 5.54 Å². The Morgan fingerprint density at radius 3 is 2.75 bits per heavy atom. The highest BCUT2D eigenvalue weighted by Gasteiger charge is 2.18. The molecule has 0 aliphatic carbocycles. The first-order valence-electron chi connectivity index (χ1n) is 6.42. The normalized spacial score (nSPS) is 10.8. The summed E-state index contributed by atoms with van der Waals surface area (Å²) in [4.78, 5) is 11.6. The largest absolute Gasteiger partial charge is 0.494 e. The Hall–Kier alpha value is -2.09. The van der Waals surface area contributed by atoms with Crippen molar-refractivity contribution in [3.05, 3.63) is 29.6 Å². The van der Waals surface area contributed by atoms with Crippen LogP contribution in [-0.2, 0) is 11.2 Å². The molecule has 0 aromatic heterocycles. The average Bonchev–Trinajstić information content (AvgIpc) is 2.38. The van der Waals surface area contributed by atoms with E-state index in [9.17, 15) is 9.18 Å². The van der Waals surface area contributed by atoms with Crippen molar-refractivity contribution in [2.75, 3.05) is 7.11 Å². The van der Waals surface area contributed by atoms with Gasteiger partial charge in [0, 0.05) is 6.42 Å². The molecule has 1 N–H and O–H groups in total. The molecule has 5 heteroatoms. The molecule has 20 heavy (non-hydrogen) atoms. The minimum Gasteiger partial charge on any atom is -0.494 e. The first-order chi connectivity index (χ1) is 9.38. The molecule has 0 spiro atoms. The van der Waals surface area contributed by atoms with E-state index in [0.29, 0.717) is 19.3 Å². The number of nitrogens with zero attached hydrogens (tertiary/aromatic N) is 1. The highest BCUT2D eigenvalue weighted by molar-refractivity contribution is 5.77. The lowest BCUT2D eigenvalue weighted by Gasteiger charge is -2.17. The van der Waals surface area contributed by atoms with Crippen molar-refractivity contribution < 1.29 is 13.9 Å². The minimum atomic E-state index is -0.858. The minimum absolute atomic E-state index is 0.175. The maximum atomic E-state index is 13.5. The SMILES string of the molecule is COc1ccc(CCCC(=O)NC(C)(C)C#N)cc1F. The van der Waals surface area contributed by atoms with Crippen LogP contribution in [0.4, 0.5) is 4.39 Å². The third-order valence-electron chi connectivity index (χ3n) is 2.82. The first-order valence-corrected chi connectivity index (χ1v) is 6.42. The summed E-state index contributed by atoms with van der Waals surface area (Å²) in [5.74, 6) is -0.368. The third kappa shape index (κ3) is 4.88. The summed E-state index contributed by atoms with van der Waals surface area (Å²) in [5.41, 5.74) is -0.0424. The standard InChI is InChI=1S/C15H19FN2O2/c1-15(2,10-17)18-14(19)6-4-5-11-7-8-13(20-3)12(16)9-11/h7-9H,4-6H2,1-3H3,(H,18,19). The molecule has 0 atom stereocenters. The molecule has 0 saturated heterocycles. The number of rotatable bonds is 6. The number of nitriles is 1. The Balaban J connectivity index is 2.43. The van der Waals surface area contributed by atoms with Gasteiger partial charge in [0.05, 0.1) is 13.2 Å². The van der Waals surface area contributed by atoms with Gasteiger partial charge in [-0.2, -0.15) is 5.26 Å². The maximum absolute atomic E-state index is 13.5. The van der Waals surface area contributed by atoms with Gasteiger partial charge in [0.2, 0.25) is 5.91 Å². The third-order valence-corrected chi connectivity index (χ3v) is 2.82. The smallest absolute Gasteiger partial charge is 0.221 e. The van der Waals surface area contributed by atoms with E-state index in [1.807, 2.05) is 6.07 Å². The number of carbonyl (C=O) groups excluding carboxylic acids is 1. The summed E-state index contributed by atoms with van der Waals surface area (Å²) < 4.78 is 18.3. The van der Waals surface area contributed by atoms with E-state index in [1.165, 1.54) is 13.2 Å². The molecule has 1 aromatic rings. The fourth-order valence-corrected chi connectivity index (χ4v) is 1.76. The fourth-order valence-electron chi connectivity index (χ4n) is 1.76. The van der Waals surface area contributed by atoms with Gasteiger partial charge in [-0.1, -0.05) is 6.07 Å². The Kier molecular flexibility index (Phi) is 5.51. The van der Waals surface area contributed by atoms with Gasteiger partial charge in [0.25, 0.3) is 0 Å². The van der Waals surface area contributed by atoms with Gasteiger partial charge in [0.15, 0.2) is 11.6 Å². The molecule has 0 saturated carbocycles. The fraction of sp³-hybridized carbons (Fsp3) is 0.467. The number of methoxy groups -OCH3 is 1. The Morgan fingerprint density at radius 1 is 1.50 bits per heavy atom. The lowest BCUT2D eigenvalue weighted by Crippen LogP contribution is -2.41. The number of ether oxygens (including phenoxy) is 1. The van der Waals surface area contributed by atoms with Crippen LogP contribution in [0.5, 0.6) is 5.75 Å². The average molecular weight is 278 g/mol. The Bertz CT molecular complexity index is 521. The van der Waals surface area contributed by atoms with Gasteiger partial charge in [-0.25, -0.2) is 4.39 Å². The highest BCUT2D eigenvalue weighted by atomic mass is 19.1. The van der Waals surface area contributed by atoms with Crippen molar-refractivity contribution in [2.45, 2.75) is 38.6 Å². The van der Waals surface area contributed by atoms with E-state index in [2.05, 4.69) is 5.32 Å². The van der Waals surface area contributed by atoms with Gasteiger partial charge in [-0.3, -0.25) is 4.79 Å². The summed E-state index contributed by atoms with van der Waals surface area (Å²) in [5, 5.41) is 11.4. The van der Waals surface area contributed by atoms with E-state index in [4.69, 9.17) is 10.00 Å². The van der Waals surface area contributed by atoms with Crippen molar-refractivity contribution in [3.8, 4) is 11.8 Å². The van der Waals surface area contributed by atoms with Crippen molar-refractivity contribution in [1.29, 1.82) is 5.26 Å². The number of carbonyl (C=O) groups is 1. The topological polar surface area (TPSA) is 62.1 Å². The maximum Gasteiger partial charge on any atom is 0.221 e. The predicted octanol–water partition coefficient (Wildman–Crippen LogP) is 2.58. The van der Waals surface area contributed by atoms with Crippen LogP contribution in [0.15, 0.2) is 18.2 Å². The number of hydrogen-bond acceptors (Lipinski definition) is 3. The van der Waals surface area contributed by atoms with Crippen LogP contribution < -0.4 is 10.1 Å². The zero-order valence-corrected chi connectivity index (χ0v) is 12.0. The van der Waals surface area contributed by atoms with Gasteiger partial charge < -0.3 is 10.1 Å². The van der Waals surface area contributed by atoms with E-state index < -0.39 is 11.4 Å². The molecule has 0 heterocycles. The number of nitrogens with one attached hydrogen (secondary N) is 1. The van der Waals surface area contributed by atoms with Gasteiger partial charge in [-0.15, -0.1) is 0 Å². The van der Waals surface area contributed by atoms with Crippen LogP contribution in [0.2, 0.25) is 0 Å². The van der Waals surface area contributed by atoms with Crippen LogP contribution in [0.25, 0.3) is 0 Å². The number of halogens is 1.